The van der Waals surface area contributed by atoms with Gasteiger partial charge in [-0.15, -0.1) is 0 Å². The standard InChI is InChI=1S/C5H12O2.CH2O3/c1-3-5(2,7)4-6;2-1(3)4/h6-7H,3-4H2,1-2H3;(H2,2,3,4). The molecule has 1 atom stereocenters. The van der Waals surface area contributed by atoms with Gasteiger partial charge in [0.2, 0.25) is 0 Å². The molecule has 68 valence electrons. The van der Waals surface area contributed by atoms with Crippen LogP contribution in [0.5, 0.6) is 0 Å². The maximum absolute atomic E-state index is 8.88. The molecule has 0 saturated heterocycles. The first-order valence-corrected chi connectivity index (χ1v) is 3.11. The van der Waals surface area contributed by atoms with Gasteiger partial charge in [-0.05, 0) is 13.3 Å². The van der Waals surface area contributed by atoms with Crippen molar-refractivity contribution >= 4 is 6.16 Å². The van der Waals surface area contributed by atoms with E-state index in [0.29, 0.717) is 6.42 Å². The highest BCUT2D eigenvalue weighted by molar-refractivity contribution is 5.53. The lowest BCUT2D eigenvalue weighted by atomic mass is 10.1. The number of aliphatic hydroxyl groups excluding tert-OH is 1. The second-order valence-electron chi connectivity index (χ2n) is 2.29. The molecule has 0 radical (unpaired) electrons. The molecule has 4 N–H and O–H groups in total. The van der Waals surface area contributed by atoms with Crippen LogP contribution in [0.3, 0.4) is 0 Å². The summed E-state index contributed by atoms with van der Waals surface area (Å²) in [5.41, 5.74) is -0.861. The van der Waals surface area contributed by atoms with Crippen molar-refractivity contribution in [3.8, 4) is 0 Å². The molecular formula is C6H14O5. The lowest BCUT2D eigenvalue weighted by Crippen LogP contribution is -2.27. The Labute approximate surface area is 64.9 Å². The predicted molar refractivity (Wildman–Crippen MR) is 38.7 cm³/mol. The summed E-state index contributed by atoms with van der Waals surface area (Å²) >= 11 is 0. The summed E-state index contributed by atoms with van der Waals surface area (Å²) in [5.74, 6) is 0. The van der Waals surface area contributed by atoms with E-state index in [4.69, 9.17) is 25.2 Å². The van der Waals surface area contributed by atoms with Crippen molar-refractivity contribution in [3.05, 3.63) is 0 Å². The van der Waals surface area contributed by atoms with Crippen LogP contribution in [0.4, 0.5) is 4.79 Å². The molecule has 1 unspecified atom stereocenters. The first kappa shape index (κ1) is 12.8. The van der Waals surface area contributed by atoms with Gasteiger partial charge < -0.3 is 20.4 Å². The van der Waals surface area contributed by atoms with E-state index in [1.807, 2.05) is 6.92 Å². The summed E-state index contributed by atoms with van der Waals surface area (Å²) in [4.78, 5) is 8.56. The molecule has 0 aliphatic rings. The third-order valence-corrected chi connectivity index (χ3v) is 1.10. The highest BCUT2D eigenvalue weighted by atomic mass is 16.6. The van der Waals surface area contributed by atoms with Crippen molar-refractivity contribution in [2.75, 3.05) is 6.61 Å². The van der Waals surface area contributed by atoms with Gasteiger partial charge in [-0.25, -0.2) is 4.79 Å². The van der Waals surface area contributed by atoms with E-state index in [2.05, 4.69) is 0 Å². The van der Waals surface area contributed by atoms with Crippen LogP contribution >= 0.6 is 0 Å². The van der Waals surface area contributed by atoms with E-state index in [1.54, 1.807) is 6.92 Å². The van der Waals surface area contributed by atoms with Crippen LogP contribution in [-0.4, -0.2) is 38.8 Å². The Bertz CT molecular complexity index is 99.5. The topological polar surface area (TPSA) is 98.0 Å². The minimum atomic E-state index is -1.83. The minimum Gasteiger partial charge on any atom is -0.450 e. The van der Waals surface area contributed by atoms with E-state index in [9.17, 15) is 0 Å². The third kappa shape index (κ3) is 17.6. The highest BCUT2D eigenvalue weighted by Crippen LogP contribution is 2.04. The Morgan fingerprint density at radius 3 is 1.73 bits per heavy atom. The van der Waals surface area contributed by atoms with E-state index >= 15 is 0 Å². The molecule has 5 nitrogen and oxygen atoms in total. The number of aliphatic hydroxyl groups is 2. The lowest BCUT2D eigenvalue weighted by Gasteiger charge is -2.16. The maximum Gasteiger partial charge on any atom is 0.503 e. The molecule has 0 heterocycles. The zero-order valence-electron chi connectivity index (χ0n) is 6.61. The molecule has 0 aliphatic heterocycles. The molecule has 0 saturated carbocycles. The first-order chi connectivity index (χ1) is 4.85. The van der Waals surface area contributed by atoms with E-state index < -0.39 is 11.8 Å². The molecule has 0 amide bonds. The summed E-state index contributed by atoms with van der Waals surface area (Å²) in [6, 6.07) is 0. The van der Waals surface area contributed by atoms with Gasteiger partial charge >= 0.3 is 6.16 Å². The molecule has 0 aliphatic carbocycles. The number of hydrogen-bond acceptors (Lipinski definition) is 3. The van der Waals surface area contributed by atoms with Gasteiger partial charge in [0.25, 0.3) is 0 Å². The summed E-state index contributed by atoms with van der Waals surface area (Å²) in [5, 5.41) is 31.2. The predicted octanol–water partition coefficient (Wildman–Crippen LogP) is 0.362. The van der Waals surface area contributed by atoms with E-state index in [0.717, 1.165) is 0 Å². The van der Waals surface area contributed by atoms with Crippen LogP contribution in [0.15, 0.2) is 0 Å². The van der Waals surface area contributed by atoms with Crippen molar-refractivity contribution in [2.45, 2.75) is 25.9 Å². The molecule has 0 bridgehead atoms. The molecule has 5 heteroatoms. The van der Waals surface area contributed by atoms with Gasteiger partial charge in [-0.2, -0.15) is 0 Å². The van der Waals surface area contributed by atoms with Gasteiger partial charge in [0.15, 0.2) is 0 Å². The molecule has 0 fully saturated rings. The maximum atomic E-state index is 8.88. The fraction of sp³-hybridized carbons (Fsp3) is 0.833. The number of carboxylic acid groups (broad SMARTS) is 2. The van der Waals surface area contributed by atoms with Crippen molar-refractivity contribution in [1.82, 2.24) is 0 Å². The van der Waals surface area contributed by atoms with Crippen molar-refractivity contribution in [1.29, 1.82) is 0 Å². The Morgan fingerprint density at radius 2 is 1.73 bits per heavy atom. The highest BCUT2D eigenvalue weighted by Gasteiger charge is 2.13. The Morgan fingerprint density at radius 1 is 1.45 bits per heavy atom. The van der Waals surface area contributed by atoms with Crippen LogP contribution in [0, 0.1) is 0 Å². The van der Waals surface area contributed by atoms with Gasteiger partial charge in [0.1, 0.15) is 0 Å². The Hall–Kier alpha value is -0.810. The SMILES string of the molecule is CCC(C)(O)CO.O=C(O)O. The zero-order chi connectivity index (χ0) is 9.49. The van der Waals surface area contributed by atoms with Crippen molar-refractivity contribution in [2.24, 2.45) is 0 Å². The van der Waals surface area contributed by atoms with Gasteiger partial charge in [0.05, 0.1) is 12.2 Å². The summed E-state index contributed by atoms with van der Waals surface area (Å²) in [6.07, 6.45) is -1.23. The first-order valence-electron chi connectivity index (χ1n) is 3.11. The smallest absolute Gasteiger partial charge is 0.450 e. The fourth-order valence-electron chi connectivity index (χ4n) is 0.112. The van der Waals surface area contributed by atoms with Crippen molar-refractivity contribution < 1.29 is 25.2 Å². The molecule has 0 aromatic carbocycles. The largest absolute Gasteiger partial charge is 0.503 e. The second kappa shape index (κ2) is 5.94. The van der Waals surface area contributed by atoms with Crippen LogP contribution in [0.25, 0.3) is 0 Å². The monoisotopic (exact) mass is 166 g/mol. The summed E-state index contributed by atoms with van der Waals surface area (Å²) < 4.78 is 0. The molecule has 0 aromatic heterocycles. The normalized spacial score (nSPS) is 14.2. The summed E-state index contributed by atoms with van der Waals surface area (Å²) in [7, 11) is 0. The van der Waals surface area contributed by atoms with Crippen LogP contribution < -0.4 is 0 Å². The van der Waals surface area contributed by atoms with Crippen LogP contribution in [-0.2, 0) is 0 Å². The zero-order valence-corrected chi connectivity index (χ0v) is 6.61. The van der Waals surface area contributed by atoms with Gasteiger partial charge in [-0.1, -0.05) is 6.92 Å². The van der Waals surface area contributed by atoms with E-state index in [-0.39, 0.29) is 6.61 Å². The molecular weight excluding hydrogens is 152 g/mol. The molecule has 0 spiro atoms. The van der Waals surface area contributed by atoms with Gasteiger partial charge in [-0.3, -0.25) is 0 Å². The number of rotatable bonds is 2. The number of carbonyl (C=O) groups is 1. The van der Waals surface area contributed by atoms with Gasteiger partial charge in [0, 0.05) is 0 Å². The van der Waals surface area contributed by atoms with E-state index in [1.165, 1.54) is 0 Å². The Balaban J connectivity index is 0. The average Bonchev–Trinajstić information content (AvgIpc) is 1.87. The minimum absolute atomic E-state index is 0.149. The quantitative estimate of drug-likeness (QED) is 0.475. The Kier molecular flexibility index (Phi) is 6.92. The fourth-order valence-corrected chi connectivity index (χ4v) is 0.112. The second-order valence-corrected chi connectivity index (χ2v) is 2.29. The lowest BCUT2D eigenvalue weighted by molar-refractivity contribution is -0.00107. The number of hydrogen-bond donors (Lipinski definition) is 4. The average molecular weight is 166 g/mol. The molecule has 0 rings (SSSR count). The molecule has 0 aromatic rings. The van der Waals surface area contributed by atoms with Crippen molar-refractivity contribution in [3.63, 3.8) is 0 Å². The summed E-state index contributed by atoms with van der Waals surface area (Å²) in [6.45, 7) is 3.28. The molecule has 11 heavy (non-hydrogen) atoms. The van der Waals surface area contributed by atoms with Crippen LogP contribution in [0.2, 0.25) is 0 Å². The van der Waals surface area contributed by atoms with Crippen LogP contribution in [0.1, 0.15) is 20.3 Å². The third-order valence-electron chi connectivity index (χ3n) is 1.10.